The number of carbonyl (C=O) groups excluding carboxylic acids is 2. The Bertz CT molecular complexity index is 339. The second-order valence-corrected chi connectivity index (χ2v) is 6.21. The van der Waals surface area contributed by atoms with E-state index in [1.54, 1.807) is 0 Å². The summed E-state index contributed by atoms with van der Waals surface area (Å²) in [6.07, 6.45) is 7.11. The van der Waals surface area contributed by atoms with Gasteiger partial charge < -0.3 is 9.64 Å². The van der Waals surface area contributed by atoms with Crippen LogP contribution in [0.25, 0.3) is 0 Å². The van der Waals surface area contributed by atoms with E-state index in [2.05, 4.69) is 6.92 Å². The molecule has 2 aliphatic rings. The van der Waals surface area contributed by atoms with Gasteiger partial charge in [-0.25, -0.2) is 0 Å². The monoisotopic (exact) mass is 267 g/mol. The second-order valence-electron chi connectivity index (χ2n) is 6.21. The maximum absolute atomic E-state index is 12.6. The highest BCUT2D eigenvalue weighted by Crippen LogP contribution is 2.38. The van der Waals surface area contributed by atoms with Gasteiger partial charge in [0.15, 0.2) is 0 Å². The summed E-state index contributed by atoms with van der Waals surface area (Å²) in [5.41, 5.74) is -0.156. The lowest BCUT2D eigenvalue weighted by molar-refractivity contribution is -0.151. The Morgan fingerprint density at radius 3 is 2.21 bits per heavy atom. The highest BCUT2D eigenvalue weighted by atomic mass is 16.5. The maximum atomic E-state index is 12.6. The van der Waals surface area contributed by atoms with E-state index in [4.69, 9.17) is 4.74 Å². The Labute approximate surface area is 115 Å². The van der Waals surface area contributed by atoms with Gasteiger partial charge in [0.05, 0.1) is 13.0 Å². The average molecular weight is 267 g/mol. The van der Waals surface area contributed by atoms with Crippen molar-refractivity contribution in [2.45, 2.75) is 51.9 Å². The Balaban J connectivity index is 1.90. The largest absolute Gasteiger partial charge is 0.469 e. The zero-order valence-corrected chi connectivity index (χ0v) is 12.1. The molecule has 19 heavy (non-hydrogen) atoms. The van der Waals surface area contributed by atoms with E-state index >= 15 is 0 Å². The molecule has 1 saturated heterocycles. The van der Waals surface area contributed by atoms with E-state index in [1.165, 1.54) is 26.4 Å². The number of rotatable bonds is 2. The number of hydrogen-bond donors (Lipinski definition) is 0. The number of piperidine rings is 1. The molecule has 0 aromatic heterocycles. The van der Waals surface area contributed by atoms with E-state index in [9.17, 15) is 9.59 Å². The van der Waals surface area contributed by atoms with E-state index in [1.807, 2.05) is 4.90 Å². The lowest BCUT2D eigenvalue weighted by Crippen LogP contribution is -2.47. The summed E-state index contributed by atoms with van der Waals surface area (Å²) in [5.74, 6) is 0.153. The molecule has 0 N–H and O–H groups in total. The normalized spacial score (nSPS) is 24.0. The number of hydrogen-bond acceptors (Lipinski definition) is 3. The minimum atomic E-state index is -0.156. The number of esters is 1. The zero-order chi connectivity index (χ0) is 13.9. The van der Waals surface area contributed by atoms with Gasteiger partial charge in [0, 0.05) is 18.5 Å². The number of likely N-dealkylation sites (tertiary alicyclic amines) is 1. The quantitative estimate of drug-likeness (QED) is 0.722. The highest BCUT2D eigenvalue weighted by Gasteiger charge is 2.39. The lowest BCUT2D eigenvalue weighted by atomic mass is 9.74. The first kappa shape index (κ1) is 14.4. The maximum Gasteiger partial charge on any atom is 0.308 e. The molecule has 108 valence electrons. The first-order valence-electron chi connectivity index (χ1n) is 7.44. The number of carbonyl (C=O) groups is 2. The van der Waals surface area contributed by atoms with Crippen LogP contribution < -0.4 is 0 Å². The van der Waals surface area contributed by atoms with Crippen molar-refractivity contribution in [2.75, 3.05) is 20.2 Å². The fourth-order valence-electron chi connectivity index (χ4n) is 3.41. The van der Waals surface area contributed by atoms with Gasteiger partial charge in [-0.05, 0) is 25.7 Å². The Morgan fingerprint density at radius 2 is 1.68 bits per heavy atom. The Kier molecular flexibility index (Phi) is 4.48. The molecule has 0 atom stereocenters. The predicted molar refractivity (Wildman–Crippen MR) is 72.5 cm³/mol. The van der Waals surface area contributed by atoms with Crippen LogP contribution in [0.15, 0.2) is 0 Å². The summed E-state index contributed by atoms with van der Waals surface area (Å²) in [6.45, 7) is 3.52. The minimum Gasteiger partial charge on any atom is -0.469 e. The fraction of sp³-hybridized carbons (Fsp3) is 0.867. The second kappa shape index (κ2) is 5.93. The molecular weight excluding hydrogens is 242 g/mol. The molecule has 4 nitrogen and oxygen atoms in total. The molecule has 0 spiro atoms. The van der Waals surface area contributed by atoms with Crippen molar-refractivity contribution in [1.29, 1.82) is 0 Å². The Hall–Kier alpha value is -1.06. The first-order valence-corrected chi connectivity index (χ1v) is 7.44. The Morgan fingerprint density at radius 1 is 1.11 bits per heavy atom. The smallest absolute Gasteiger partial charge is 0.308 e. The summed E-state index contributed by atoms with van der Waals surface area (Å²) >= 11 is 0. The molecule has 0 bridgehead atoms. The van der Waals surface area contributed by atoms with E-state index in [0.29, 0.717) is 19.0 Å². The molecule has 0 aromatic rings. The van der Waals surface area contributed by atoms with Gasteiger partial charge in [0.25, 0.3) is 0 Å². The number of ether oxygens (including phenoxy) is 1. The molecule has 2 rings (SSSR count). The number of nitrogens with zero attached hydrogens (tertiary/aromatic N) is 1. The van der Waals surface area contributed by atoms with Crippen LogP contribution in [0.1, 0.15) is 51.9 Å². The molecule has 1 saturated carbocycles. The number of methoxy groups -OCH3 is 1. The van der Waals surface area contributed by atoms with Crippen LogP contribution in [0.5, 0.6) is 0 Å². The van der Waals surface area contributed by atoms with E-state index < -0.39 is 0 Å². The van der Waals surface area contributed by atoms with Crippen molar-refractivity contribution in [2.24, 2.45) is 11.3 Å². The van der Waals surface area contributed by atoms with Gasteiger partial charge in [-0.1, -0.05) is 26.2 Å². The highest BCUT2D eigenvalue weighted by molar-refractivity contribution is 5.83. The summed E-state index contributed by atoms with van der Waals surface area (Å²) in [4.78, 5) is 26.1. The van der Waals surface area contributed by atoms with Crippen molar-refractivity contribution in [1.82, 2.24) is 4.90 Å². The van der Waals surface area contributed by atoms with Gasteiger partial charge in [-0.3, -0.25) is 9.59 Å². The van der Waals surface area contributed by atoms with Crippen LogP contribution in [0.2, 0.25) is 0 Å². The SMILES string of the molecule is COC(=O)C1CCN(C(=O)C2(C)CCCCC2)CC1. The van der Waals surface area contributed by atoms with Gasteiger partial charge in [-0.2, -0.15) is 0 Å². The molecule has 1 heterocycles. The molecule has 2 fully saturated rings. The molecule has 1 amide bonds. The van der Waals surface area contributed by atoms with Crippen molar-refractivity contribution in [3.05, 3.63) is 0 Å². The van der Waals surface area contributed by atoms with Crippen LogP contribution >= 0.6 is 0 Å². The van der Waals surface area contributed by atoms with Crippen LogP contribution in [-0.4, -0.2) is 37.0 Å². The molecule has 0 unspecified atom stereocenters. The standard InChI is InChI=1S/C15H25NO3/c1-15(8-4-3-5-9-15)14(18)16-10-6-12(7-11-16)13(17)19-2/h12H,3-11H2,1-2H3. The molecule has 0 aromatic carbocycles. The fourth-order valence-corrected chi connectivity index (χ4v) is 3.41. The number of amides is 1. The van der Waals surface area contributed by atoms with Gasteiger partial charge in [0.1, 0.15) is 0 Å². The van der Waals surface area contributed by atoms with E-state index in [0.717, 1.165) is 25.7 Å². The molecule has 1 aliphatic heterocycles. The van der Waals surface area contributed by atoms with Gasteiger partial charge in [-0.15, -0.1) is 0 Å². The summed E-state index contributed by atoms with van der Waals surface area (Å²) in [5, 5.41) is 0. The minimum absolute atomic E-state index is 0.0202. The summed E-state index contributed by atoms with van der Waals surface area (Å²) in [7, 11) is 1.43. The van der Waals surface area contributed by atoms with Gasteiger partial charge in [0.2, 0.25) is 5.91 Å². The summed E-state index contributed by atoms with van der Waals surface area (Å²) in [6, 6.07) is 0. The van der Waals surface area contributed by atoms with Crippen molar-refractivity contribution >= 4 is 11.9 Å². The van der Waals surface area contributed by atoms with Crippen LogP contribution in [0.4, 0.5) is 0 Å². The van der Waals surface area contributed by atoms with Crippen LogP contribution in [-0.2, 0) is 14.3 Å². The molecule has 0 radical (unpaired) electrons. The van der Waals surface area contributed by atoms with Crippen molar-refractivity contribution in [3.8, 4) is 0 Å². The first-order chi connectivity index (χ1) is 9.07. The third-order valence-corrected chi connectivity index (χ3v) is 4.79. The lowest BCUT2D eigenvalue weighted by Gasteiger charge is -2.39. The zero-order valence-electron chi connectivity index (χ0n) is 12.1. The van der Waals surface area contributed by atoms with Crippen molar-refractivity contribution < 1.29 is 14.3 Å². The van der Waals surface area contributed by atoms with Crippen LogP contribution in [0, 0.1) is 11.3 Å². The molecular formula is C15H25NO3. The molecule has 1 aliphatic carbocycles. The topological polar surface area (TPSA) is 46.6 Å². The van der Waals surface area contributed by atoms with E-state index in [-0.39, 0.29) is 17.3 Å². The summed E-state index contributed by atoms with van der Waals surface area (Å²) < 4.78 is 4.78. The molecule has 4 heteroatoms. The van der Waals surface area contributed by atoms with Crippen LogP contribution in [0.3, 0.4) is 0 Å². The predicted octanol–water partition coefficient (Wildman–Crippen LogP) is 2.37. The van der Waals surface area contributed by atoms with Gasteiger partial charge >= 0.3 is 5.97 Å². The third kappa shape index (κ3) is 3.10. The average Bonchev–Trinajstić information content (AvgIpc) is 2.46. The van der Waals surface area contributed by atoms with Crippen molar-refractivity contribution in [3.63, 3.8) is 0 Å². The third-order valence-electron chi connectivity index (χ3n) is 4.79.